The first-order valence-corrected chi connectivity index (χ1v) is 5.84. The molecule has 0 aliphatic carbocycles. The molecule has 1 saturated heterocycles. The van der Waals surface area contributed by atoms with Crippen molar-refractivity contribution in [1.82, 2.24) is 4.90 Å². The van der Waals surface area contributed by atoms with E-state index in [2.05, 4.69) is 0 Å². The smallest absolute Gasteiger partial charge is 0.327 e. The van der Waals surface area contributed by atoms with Crippen LogP contribution in [0.4, 0.5) is 13.2 Å². The molecular formula is C13H12F3NO2. The van der Waals surface area contributed by atoms with Crippen LogP contribution in [-0.2, 0) is 9.59 Å². The van der Waals surface area contributed by atoms with E-state index in [4.69, 9.17) is 0 Å². The number of rotatable bonds is 1. The van der Waals surface area contributed by atoms with Crippen LogP contribution in [0.5, 0.6) is 0 Å². The summed E-state index contributed by atoms with van der Waals surface area (Å²) < 4.78 is 37.6. The monoisotopic (exact) mass is 271 g/mol. The van der Waals surface area contributed by atoms with Gasteiger partial charge in [-0.25, -0.2) is 0 Å². The number of piperidine rings is 1. The quantitative estimate of drug-likeness (QED) is 0.787. The second-order valence-corrected chi connectivity index (χ2v) is 4.42. The van der Waals surface area contributed by atoms with Crippen LogP contribution in [0.25, 0.3) is 0 Å². The minimum absolute atomic E-state index is 0.0227. The summed E-state index contributed by atoms with van der Waals surface area (Å²) in [5, 5.41) is 0. The van der Waals surface area contributed by atoms with Gasteiger partial charge in [-0.1, -0.05) is 30.3 Å². The van der Waals surface area contributed by atoms with E-state index in [-0.39, 0.29) is 25.2 Å². The minimum atomic E-state index is -4.91. The molecule has 0 N–H and O–H groups in total. The molecule has 102 valence electrons. The SMILES string of the molecule is O=C1CCN(C(=O)C(F)(F)F)C(c2ccccc2)C1. The van der Waals surface area contributed by atoms with Crippen LogP contribution < -0.4 is 0 Å². The largest absolute Gasteiger partial charge is 0.471 e. The molecule has 0 radical (unpaired) electrons. The summed E-state index contributed by atoms with van der Waals surface area (Å²) >= 11 is 0. The Morgan fingerprint density at radius 1 is 1.21 bits per heavy atom. The van der Waals surface area contributed by atoms with Crippen LogP contribution in [0.3, 0.4) is 0 Å². The fourth-order valence-electron chi connectivity index (χ4n) is 2.21. The molecule has 1 aliphatic rings. The Balaban J connectivity index is 2.30. The third-order valence-corrected chi connectivity index (χ3v) is 3.12. The number of amides is 1. The van der Waals surface area contributed by atoms with Gasteiger partial charge < -0.3 is 4.90 Å². The zero-order valence-electron chi connectivity index (χ0n) is 9.98. The first-order valence-electron chi connectivity index (χ1n) is 5.84. The lowest BCUT2D eigenvalue weighted by Gasteiger charge is -2.35. The maximum absolute atomic E-state index is 12.5. The van der Waals surface area contributed by atoms with Gasteiger partial charge in [0.25, 0.3) is 0 Å². The number of carbonyl (C=O) groups excluding carboxylic acids is 2. The molecule has 1 aliphatic heterocycles. The highest BCUT2D eigenvalue weighted by Gasteiger charge is 2.46. The third-order valence-electron chi connectivity index (χ3n) is 3.12. The van der Waals surface area contributed by atoms with Crippen molar-refractivity contribution in [2.75, 3.05) is 6.54 Å². The van der Waals surface area contributed by atoms with Crippen LogP contribution in [0, 0.1) is 0 Å². The number of nitrogens with zero attached hydrogens (tertiary/aromatic N) is 1. The average molecular weight is 271 g/mol. The van der Waals surface area contributed by atoms with Gasteiger partial charge in [-0.15, -0.1) is 0 Å². The van der Waals surface area contributed by atoms with Gasteiger partial charge in [0.15, 0.2) is 0 Å². The van der Waals surface area contributed by atoms with Crippen molar-refractivity contribution in [2.45, 2.75) is 25.1 Å². The molecule has 19 heavy (non-hydrogen) atoms. The Hall–Kier alpha value is -1.85. The van der Waals surface area contributed by atoms with E-state index in [1.165, 1.54) is 0 Å². The van der Waals surface area contributed by atoms with Crippen LogP contribution in [0.1, 0.15) is 24.4 Å². The number of likely N-dealkylation sites (tertiary alicyclic amines) is 1. The van der Waals surface area contributed by atoms with Gasteiger partial charge >= 0.3 is 12.1 Å². The molecule has 3 nitrogen and oxygen atoms in total. The van der Waals surface area contributed by atoms with E-state index >= 15 is 0 Å². The lowest BCUT2D eigenvalue weighted by Crippen LogP contribution is -2.47. The van der Waals surface area contributed by atoms with E-state index in [1.54, 1.807) is 30.3 Å². The summed E-state index contributed by atoms with van der Waals surface area (Å²) in [5.41, 5.74) is 0.549. The summed E-state index contributed by atoms with van der Waals surface area (Å²) in [4.78, 5) is 23.6. The summed E-state index contributed by atoms with van der Waals surface area (Å²) in [6.07, 6.45) is -5.00. The molecule has 1 aromatic carbocycles. The van der Waals surface area contributed by atoms with Crippen molar-refractivity contribution < 1.29 is 22.8 Å². The number of alkyl halides is 3. The zero-order chi connectivity index (χ0) is 14.0. The number of carbonyl (C=O) groups is 2. The Morgan fingerprint density at radius 2 is 1.84 bits per heavy atom. The predicted octanol–water partition coefficient (Wildman–Crippen LogP) is 2.48. The maximum Gasteiger partial charge on any atom is 0.471 e. The molecule has 6 heteroatoms. The van der Waals surface area contributed by atoms with Gasteiger partial charge in [0, 0.05) is 19.4 Å². The number of ketones is 1. The highest BCUT2D eigenvalue weighted by molar-refractivity contribution is 5.87. The molecule has 0 aromatic heterocycles. The molecule has 1 heterocycles. The molecule has 0 spiro atoms. The number of halogens is 3. The van der Waals surface area contributed by atoms with Gasteiger partial charge in [-0.2, -0.15) is 13.2 Å². The Labute approximate surface area is 108 Å². The molecule has 0 saturated carbocycles. The predicted molar refractivity (Wildman–Crippen MR) is 61.2 cm³/mol. The molecule has 1 atom stereocenters. The highest BCUT2D eigenvalue weighted by Crippen LogP contribution is 2.32. The summed E-state index contributed by atoms with van der Waals surface area (Å²) in [6, 6.07) is 7.50. The van der Waals surface area contributed by atoms with Crippen LogP contribution in [-0.4, -0.2) is 29.3 Å². The number of hydrogen-bond donors (Lipinski definition) is 0. The number of Topliss-reactive ketones (excluding diaryl/α,β-unsaturated/α-hetero) is 1. The van der Waals surface area contributed by atoms with Crippen molar-refractivity contribution in [3.05, 3.63) is 35.9 Å². The maximum atomic E-state index is 12.5. The van der Waals surface area contributed by atoms with Gasteiger partial charge in [0.05, 0.1) is 6.04 Å². The summed E-state index contributed by atoms with van der Waals surface area (Å²) in [6.45, 7) is -0.184. The van der Waals surface area contributed by atoms with Crippen molar-refractivity contribution in [1.29, 1.82) is 0 Å². The van der Waals surface area contributed by atoms with Crippen LogP contribution >= 0.6 is 0 Å². The first kappa shape index (κ1) is 13.6. The Kier molecular flexibility index (Phi) is 3.59. The van der Waals surface area contributed by atoms with E-state index in [0.717, 1.165) is 4.90 Å². The molecule has 1 aromatic rings. The van der Waals surface area contributed by atoms with Gasteiger partial charge in [0.2, 0.25) is 0 Å². The average Bonchev–Trinajstić information content (AvgIpc) is 2.38. The molecular weight excluding hydrogens is 259 g/mol. The van der Waals surface area contributed by atoms with Crippen molar-refractivity contribution in [3.8, 4) is 0 Å². The topological polar surface area (TPSA) is 37.4 Å². The molecule has 1 fully saturated rings. The third kappa shape index (κ3) is 2.94. The van der Waals surface area contributed by atoms with E-state index in [0.29, 0.717) is 5.56 Å². The molecule has 1 unspecified atom stereocenters. The van der Waals surface area contributed by atoms with Crippen molar-refractivity contribution >= 4 is 11.7 Å². The van der Waals surface area contributed by atoms with Gasteiger partial charge in [0.1, 0.15) is 5.78 Å². The van der Waals surface area contributed by atoms with E-state index in [9.17, 15) is 22.8 Å². The molecule has 1 amide bonds. The lowest BCUT2D eigenvalue weighted by molar-refractivity contribution is -0.189. The fraction of sp³-hybridized carbons (Fsp3) is 0.385. The van der Waals surface area contributed by atoms with Crippen LogP contribution in [0.2, 0.25) is 0 Å². The van der Waals surface area contributed by atoms with Crippen LogP contribution in [0.15, 0.2) is 30.3 Å². The minimum Gasteiger partial charge on any atom is -0.327 e. The van der Waals surface area contributed by atoms with Crippen molar-refractivity contribution in [2.24, 2.45) is 0 Å². The second kappa shape index (κ2) is 5.03. The standard InChI is InChI=1S/C13H12F3NO2/c14-13(15,16)12(19)17-7-6-10(18)8-11(17)9-4-2-1-3-5-9/h1-5,11H,6-8H2. The lowest BCUT2D eigenvalue weighted by atomic mass is 9.94. The summed E-state index contributed by atoms with van der Waals surface area (Å²) in [5.74, 6) is -2.01. The Bertz CT molecular complexity index is 484. The van der Waals surface area contributed by atoms with E-state index in [1.807, 2.05) is 0 Å². The second-order valence-electron chi connectivity index (χ2n) is 4.42. The summed E-state index contributed by atoms with van der Waals surface area (Å²) in [7, 11) is 0. The van der Waals surface area contributed by atoms with Gasteiger partial charge in [-0.3, -0.25) is 9.59 Å². The molecule has 2 rings (SSSR count). The van der Waals surface area contributed by atoms with E-state index < -0.39 is 18.1 Å². The highest BCUT2D eigenvalue weighted by atomic mass is 19.4. The zero-order valence-corrected chi connectivity index (χ0v) is 9.98. The fourth-order valence-corrected chi connectivity index (χ4v) is 2.21. The molecule has 0 bridgehead atoms. The number of hydrogen-bond acceptors (Lipinski definition) is 2. The Morgan fingerprint density at radius 3 is 2.42 bits per heavy atom. The normalized spacial score (nSPS) is 20.5. The van der Waals surface area contributed by atoms with Crippen molar-refractivity contribution in [3.63, 3.8) is 0 Å². The number of benzene rings is 1. The first-order chi connectivity index (χ1) is 8.89. The van der Waals surface area contributed by atoms with Gasteiger partial charge in [-0.05, 0) is 5.56 Å².